The number of aliphatic imine (C=N–C) groups is 1. The van der Waals surface area contributed by atoms with Crippen molar-refractivity contribution in [3.63, 3.8) is 0 Å². The summed E-state index contributed by atoms with van der Waals surface area (Å²) in [6.45, 7) is 3.56. The van der Waals surface area contributed by atoms with Crippen LogP contribution >= 0.6 is 0 Å². The van der Waals surface area contributed by atoms with E-state index in [1.165, 1.54) is 15.4 Å². The Labute approximate surface area is 456 Å². The van der Waals surface area contributed by atoms with Gasteiger partial charge in [0.15, 0.2) is 0 Å². The monoisotopic (exact) mass is 1070 g/mol. The second kappa shape index (κ2) is 25.1. The summed E-state index contributed by atoms with van der Waals surface area (Å²) in [4.78, 5) is 123. The normalized spacial score (nSPS) is 27.6. The standard InChI is InChI=1S/C58H76N12O8/c1-35(59-3)51(71)65-47-33-67(31-29-41-25-27-49(69(41)55(47)75)53(73)63-45-19-11-17-43(45)37-13-7-5-8-14-37)57(77)61-39-21-23-40(24-22-39)62-58(78)68-32-30-42-26-28-50(70(42)56(76)48(34-68)66-52(72)36(2)60-4)54(74)64-46-20-12-18-44(46)38-15-9-6-10-16-38/h5-10,13-16,21-24,35-36,41-45,47-50,59-60H,11-12,17-20,25-34H2,1-4H3,(H,61,77)(H,62,78)(H,63,73)(H,65,71)(H,66,72)/t35-,36-,41?,42+,43-,44-,45+,47?,48-,49?,50-/m0/s1. The van der Waals surface area contributed by atoms with Crippen LogP contribution in [0.1, 0.15) is 114 Å². The first-order chi connectivity index (χ1) is 37.7. The Kier molecular flexibility index (Phi) is 17.9. The Morgan fingerprint density at radius 2 is 1.05 bits per heavy atom. The lowest BCUT2D eigenvalue weighted by atomic mass is 9.94. The fraction of sp³-hybridized carbons (Fsp3) is 0.534. The predicted octanol–water partition coefficient (Wildman–Crippen LogP) is 4.45. The van der Waals surface area contributed by atoms with Crippen LogP contribution in [0.2, 0.25) is 0 Å². The number of rotatable bonds is 13. The zero-order valence-corrected chi connectivity index (χ0v) is 45.2. The minimum atomic E-state index is -1.14. The maximum Gasteiger partial charge on any atom is 0.321 e. The molecule has 3 unspecified atom stereocenters. The van der Waals surface area contributed by atoms with Crippen molar-refractivity contribution in [2.45, 2.75) is 157 Å². The molecule has 20 heteroatoms. The Bertz CT molecular complexity index is 2710. The van der Waals surface area contributed by atoms with Crippen molar-refractivity contribution in [1.82, 2.24) is 46.2 Å². The van der Waals surface area contributed by atoms with Gasteiger partial charge in [0.25, 0.3) is 5.91 Å². The molecule has 416 valence electrons. The second-order valence-corrected chi connectivity index (χ2v) is 21.9. The van der Waals surface area contributed by atoms with E-state index in [0.717, 1.165) is 43.4 Å². The summed E-state index contributed by atoms with van der Waals surface area (Å²) >= 11 is 0. The van der Waals surface area contributed by atoms with Crippen molar-refractivity contribution in [3.8, 4) is 0 Å². The molecule has 78 heavy (non-hydrogen) atoms. The van der Waals surface area contributed by atoms with Crippen molar-refractivity contribution >= 4 is 64.6 Å². The van der Waals surface area contributed by atoms with E-state index in [4.69, 9.17) is 0 Å². The number of carbonyl (C=O) groups excluding carboxylic acids is 8. The third kappa shape index (κ3) is 12.5. The number of hydrogen-bond acceptors (Lipinski definition) is 10. The molecule has 7 N–H and O–H groups in total. The molecule has 4 heterocycles. The van der Waals surface area contributed by atoms with Crippen molar-refractivity contribution in [2.75, 3.05) is 50.9 Å². The highest BCUT2D eigenvalue weighted by Crippen LogP contribution is 2.37. The molecule has 20 nitrogen and oxygen atoms in total. The highest BCUT2D eigenvalue weighted by atomic mass is 16.2. The second-order valence-electron chi connectivity index (χ2n) is 21.9. The average molecular weight is 1070 g/mol. The highest BCUT2D eigenvalue weighted by Gasteiger charge is 2.48. The molecule has 6 fully saturated rings. The lowest BCUT2D eigenvalue weighted by molar-refractivity contribution is -0.145. The maximum absolute atomic E-state index is 14.6. The van der Waals surface area contributed by atoms with Gasteiger partial charge in [-0.2, -0.15) is 0 Å². The van der Waals surface area contributed by atoms with Gasteiger partial charge in [-0.15, -0.1) is 0 Å². The number of fused-ring (bicyclic) bond motifs is 2. The minimum Gasteiger partial charge on any atom is -0.351 e. The van der Waals surface area contributed by atoms with E-state index in [1.54, 1.807) is 62.0 Å². The van der Waals surface area contributed by atoms with Gasteiger partial charge in [-0.05, 0) is 134 Å². The first kappa shape index (κ1) is 55.6. The summed E-state index contributed by atoms with van der Waals surface area (Å²) in [5, 5.41) is 20.7. The summed E-state index contributed by atoms with van der Waals surface area (Å²) in [5.41, 5.74) is 3.94. The molecule has 3 aromatic rings. The van der Waals surface area contributed by atoms with Crippen LogP contribution in [0.5, 0.6) is 0 Å². The van der Waals surface area contributed by atoms with Gasteiger partial charge < -0.3 is 56.8 Å². The molecule has 0 radical (unpaired) electrons. The van der Waals surface area contributed by atoms with Crippen LogP contribution in [0.15, 0.2) is 89.9 Å². The van der Waals surface area contributed by atoms with E-state index < -0.39 is 71.9 Å². The summed E-state index contributed by atoms with van der Waals surface area (Å²) in [7, 11) is 3.28. The Morgan fingerprint density at radius 3 is 1.58 bits per heavy atom. The number of anilines is 2. The molecule has 2 aliphatic carbocycles. The van der Waals surface area contributed by atoms with Crippen molar-refractivity contribution in [2.24, 2.45) is 4.99 Å². The summed E-state index contributed by atoms with van der Waals surface area (Å²) in [6, 6.07) is 20.0. The van der Waals surface area contributed by atoms with Crippen LogP contribution < -0.4 is 37.2 Å². The number of nitrogens with zero attached hydrogens (tertiary/aromatic N) is 5. The zero-order chi connectivity index (χ0) is 55.0. The lowest BCUT2D eigenvalue weighted by Gasteiger charge is -2.39. The van der Waals surface area contributed by atoms with Gasteiger partial charge in [0.1, 0.15) is 24.2 Å². The molecular weight excluding hydrogens is 993 g/mol. The van der Waals surface area contributed by atoms with E-state index >= 15 is 0 Å². The van der Waals surface area contributed by atoms with Crippen molar-refractivity contribution in [1.29, 1.82) is 0 Å². The summed E-state index contributed by atoms with van der Waals surface area (Å²) in [5.74, 6) is -2.02. The molecule has 10 amide bonds. The third-order valence-electron chi connectivity index (χ3n) is 17.1. The number of hydrogen-bond donors (Lipinski definition) is 7. The SMILES string of the molecule is CN[C@@H](C)C(=O)NC1CN(C(=O)Nc2ccc(NC(=O)N3CC[C@H]4CC[C@@H](C(=O)N=C5CCC[C@H]5c5ccccc5)N4C(=O)[C@@H](NC(=O)[C@H](C)NC)C3)cc2)CCC2CCC(C(=O)N[C@@H]3CCC[C@H]3c3ccccc3)N2C1=O. The first-order valence-corrected chi connectivity index (χ1v) is 28.0. The first-order valence-electron chi connectivity index (χ1n) is 28.0. The molecule has 2 saturated carbocycles. The fourth-order valence-electron chi connectivity index (χ4n) is 12.5. The zero-order valence-electron chi connectivity index (χ0n) is 45.2. The van der Waals surface area contributed by atoms with Gasteiger partial charge in [-0.3, -0.25) is 28.8 Å². The van der Waals surface area contributed by atoms with Gasteiger partial charge in [-0.1, -0.05) is 67.1 Å². The number of benzene rings is 3. The predicted molar refractivity (Wildman–Crippen MR) is 296 cm³/mol. The number of likely N-dealkylation sites (N-methyl/N-ethyl adjacent to an activating group) is 2. The Morgan fingerprint density at radius 1 is 0.551 bits per heavy atom. The molecule has 3 aromatic carbocycles. The molecule has 9 rings (SSSR count). The van der Waals surface area contributed by atoms with Gasteiger partial charge in [0.2, 0.25) is 29.5 Å². The summed E-state index contributed by atoms with van der Waals surface area (Å²) in [6.07, 6.45) is 8.16. The van der Waals surface area contributed by atoms with Crippen LogP contribution in [-0.2, 0) is 28.8 Å². The molecular formula is C58H76N12O8. The summed E-state index contributed by atoms with van der Waals surface area (Å²) < 4.78 is 0. The molecule has 0 bridgehead atoms. The minimum absolute atomic E-state index is 0.0453. The molecule has 0 aromatic heterocycles. The van der Waals surface area contributed by atoms with Gasteiger partial charge in [0.05, 0.1) is 25.2 Å². The largest absolute Gasteiger partial charge is 0.351 e. The molecule has 4 aliphatic heterocycles. The quantitative estimate of drug-likeness (QED) is 0.127. The van der Waals surface area contributed by atoms with Crippen molar-refractivity contribution < 1.29 is 38.4 Å². The van der Waals surface area contributed by atoms with E-state index in [-0.39, 0.29) is 68.0 Å². The smallest absolute Gasteiger partial charge is 0.321 e. The van der Waals surface area contributed by atoms with Crippen LogP contribution in [0.4, 0.5) is 21.0 Å². The van der Waals surface area contributed by atoms with Gasteiger partial charge in [-0.25, -0.2) is 14.6 Å². The van der Waals surface area contributed by atoms with E-state index in [9.17, 15) is 38.4 Å². The van der Waals surface area contributed by atoms with E-state index in [2.05, 4.69) is 66.5 Å². The Balaban J connectivity index is 0.840. The fourth-order valence-corrected chi connectivity index (χ4v) is 12.5. The number of amides is 10. The molecule has 4 saturated heterocycles. The lowest BCUT2D eigenvalue weighted by Crippen LogP contribution is -2.62. The molecule has 0 spiro atoms. The van der Waals surface area contributed by atoms with E-state index in [1.807, 2.05) is 36.4 Å². The topological polar surface area (TPSA) is 246 Å². The van der Waals surface area contributed by atoms with Crippen LogP contribution in [0.3, 0.4) is 0 Å². The number of carbonyl (C=O) groups is 8. The van der Waals surface area contributed by atoms with Gasteiger partial charge in [0, 0.05) is 60.1 Å². The average Bonchev–Trinajstić information content (AvgIpc) is 4.42. The van der Waals surface area contributed by atoms with Crippen LogP contribution in [-0.4, -0.2) is 167 Å². The third-order valence-corrected chi connectivity index (χ3v) is 17.1. The molecule has 6 aliphatic rings. The molecule has 11 atom stereocenters. The number of nitrogens with one attached hydrogen (secondary N) is 7. The Hall–Kier alpha value is -7.19. The van der Waals surface area contributed by atoms with Gasteiger partial charge >= 0.3 is 12.1 Å². The maximum atomic E-state index is 14.6. The van der Waals surface area contributed by atoms with E-state index in [0.29, 0.717) is 56.3 Å². The van der Waals surface area contributed by atoms with Crippen LogP contribution in [0.25, 0.3) is 0 Å². The number of urea groups is 2. The highest BCUT2D eigenvalue weighted by molar-refractivity contribution is 6.04. The van der Waals surface area contributed by atoms with Crippen molar-refractivity contribution in [3.05, 3.63) is 96.1 Å². The van der Waals surface area contributed by atoms with Crippen LogP contribution in [0, 0.1) is 0 Å².